The number of nitrogens with zero attached hydrogens (tertiary/aromatic N) is 4. The number of ether oxygens (including phenoxy) is 1. The number of fused-ring (bicyclic) bond motifs is 2. The molecule has 5 aromatic rings. The molecule has 0 aliphatic heterocycles. The van der Waals surface area contributed by atoms with Crippen LogP contribution in [-0.2, 0) is 18.3 Å². The van der Waals surface area contributed by atoms with Crippen LogP contribution in [0.3, 0.4) is 0 Å². The van der Waals surface area contributed by atoms with E-state index in [9.17, 15) is 0 Å². The van der Waals surface area contributed by atoms with Gasteiger partial charge in [0.1, 0.15) is 11.6 Å². The van der Waals surface area contributed by atoms with E-state index < -0.39 is 0 Å². The van der Waals surface area contributed by atoms with Crippen molar-refractivity contribution >= 4 is 33.3 Å². The Kier molecular flexibility index (Phi) is 4.22. The summed E-state index contributed by atoms with van der Waals surface area (Å²) < 4.78 is 10.2. The van der Waals surface area contributed by atoms with E-state index in [1.165, 1.54) is 22.0 Å². The van der Waals surface area contributed by atoms with Crippen molar-refractivity contribution in [1.29, 1.82) is 0 Å². The minimum atomic E-state index is -0.131. The molecule has 0 saturated carbocycles. The Morgan fingerprint density at radius 1 is 1.04 bits per heavy atom. The molecule has 0 aliphatic rings. The van der Waals surface area contributed by atoms with Gasteiger partial charge >= 0.3 is 0 Å². The second-order valence-corrected chi connectivity index (χ2v) is 7.63. The van der Waals surface area contributed by atoms with Crippen LogP contribution in [0.5, 0.6) is 0 Å². The molecular weight excluding hydrogens is 368 g/mol. The fraction of sp³-hybridized carbons (Fsp3) is 0.182. The van der Waals surface area contributed by atoms with E-state index in [1.54, 1.807) is 18.4 Å². The first-order valence-corrected chi connectivity index (χ1v) is 10.1. The van der Waals surface area contributed by atoms with Gasteiger partial charge in [0.15, 0.2) is 0 Å². The van der Waals surface area contributed by atoms with Crippen molar-refractivity contribution in [3.8, 4) is 0 Å². The van der Waals surface area contributed by atoms with Gasteiger partial charge in [0, 0.05) is 30.6 Å². The minimum Gasteiger partial charge on any atom is -0.370 e. The Hall–Kier alpha value is -2.96. The van der Waals surface area contributed by atoms with Crippen LogP contribution in [0.2, 0.25) is 0 Å². The summed E-state index contributed by atoms with van der Waals surface area (Å²) in [4.78, 5) is 0. The number of hydrogen-bond donors (Lipinski definition) is 0. The Morgan fingerprint density at radius 2 is 1.82 bits per heavy atom. The largest absolute Gasteiger partial charge is 0.370 e. The van der Waals surface area contributed by atoms with Crippen LogP contribution in [0, 0.1) is 0 Å². The van der Waals surface area contributed by atoms with Crippen molar-refractivity contribution in [1.82, 2.24) is 19.6 Å². The fourth-order valence-electron chi connectivity index (χ4n) is 4.01. The highest BCUT2D eigenvalue weighted by atomic mass is 32.1. The molecule has 0 fully saturated rings. The molecule has 3 heterocycles. The SMILES string of the molecule is COC(c1ccsc1)c1c(Cn2nnc3ccccc32)c2ccccc2n1C. The number of methoxy groups -OCH3 is 1. The maximum Gasteiger partial charge on any atom is 0.123 e. The summed E-state index contributed by atoms with van der Waals surface area (Å²) in [6.07, 6.45) is -0.131. The van der Waals surface area contributed by atoms with Gasteiger partial charge in [-0.1, -0.05) is 35.5 Å². The van der Waals surface area contributed by atoms with Crippen molar-refractivity contribution in [3.05, 3.63) is 82.2 Å². The average molecular weight is 388 g/mol. The van der Waals surface area contributed by atoms with Crippen molar-refractivity contribution in [2.75, 3.05) is 7.11 Å². The number of hydrogen-bond acceptors (Lipinski definition) is 4. The third-order valence-corrected chi connectivity index (χ3v) is 6.02. The van der Waals surface area contributed by atoms with Crippen LogP contribution in [0.1, 0.15) is 22.9 Å². The van der Waals surface area contributed by atoms with Gasteiger partial charge in [-0.25, -0.2) is 4.68 Å². The van der Waals surface area contributed by atoms with Crippen LogP contribution >= 0.6 is 11.3 Å². The predicted octanol–water partition coefficient (Wildman–Crippen LogP) is 4.77. The van der Waals surface area contributed by atoms with Gasteiger partial charge in [0.2, 0.25) is 0 Å². The maximum atomic E-state index is 5.98. The van der Waals surface area contributed by atoms with Crippen molar-refractivity contribution in [3.63, 3.8) is 0 Å². The average Bonchev–Trinajstić information content (AvgIpc) is 3.45. The van der Waals surface area contributed by atoms with Crippen molar-refractivity contribution in [2.24, 2.45) is 7.05 Å². The zero-order valence-corrected chi connectivity index (χ0v) is 16.6. The lowest BCUT2D eigenvalue weighted by Crippen LogP contribution is -2.12. The fourth-order valence-corrected chi connectivity index (χ4v) is 4.68. The molecule has 1 unspecified atom stereocenters. The Balaban J connectivity index is 1.73. The summed E-state index contributed by atoms with van der Waals surface area (Å²) in [5.74, 6) is 0. The first-order chi connectivity index (χ1) is 13.8. The van der Waals surface area contributed by atoms with Gasteiger partial charge in [-0.2, -0.15) is 11.3 Å². The maximum absolute atomic E-state index is 5.98. The Morgan fingerprint density at radius 3 is 2.61 bits per heavy atom. The summed E-state index contributed by atoms with van der Waals surface area (Å²) in [6.45, 7) is 0.640. The summed E-state index contributed by atoms with van der Waals surface area (Å²) in [7, 11) is 3.88. The Bertz CT molecular complexity index is 1250. The topological polar surface area (TPSA) is 44.9 Å². The number of aryl methyl sites for hydroxylation is 1. The molecule has 1 atom stereocenters. The van der Waals surface area contributed by atoms with Crippen LogP contribution in [0.4, 0.5) is 0 Å². The van der Waals surface area contributed by atoms with E-state index >= 15 is 0 Å². The van der Waals surface area contributed by atoms with Crippen molar-refractivity contribution < 1.29 is 4.74 Å². The zero-order chi connectivity index (χ0) is 19.1. The molecule has 2 aromatic carbocycles. The van der Waals surface area contributed by atoms with Crippen LogP contribution < -0.4 is 0 Å². The van der Waals surface area contributed by atoms with Crippen LogP contribution in [0.15, 0.2) is 65.4 Å². The lowest BCUT2D eigenvalue weighted by atomic mass is 10.0. The van der Waals surface area contributed by atoms with Crippen molar-refractivity contribution in [2.45, 2.75) is 12.6 Å². The molecule has 3 aromatic heterocycles. The van der Waals surface area contributed by atoms with Gasteiger partial charge in [-0.15, -0.1) is 5.10 Å². The van der Waals surface area contributed by atoms with Gasteiger partial charge in [-0.05, 0) is 40.6 Å². The summed E-state index contributed by atoms with van der Waals surface area (Å²) in [5.41, 5.74) is 6.67. The van der Waals surface area contributed by atoms with E-state index in [0.717, 1.165) is 16.7 Å². The quantitative estimate of drug-likeness (QED) is 0.436. The highest BCUT2D eigenvalue weighted by Gasteiger charge is 2.25. The number of rotatable bonds is 5. The number of aromatic nitrogens is 4. The predicted molar refractivity (Wildman–Crippen MR) is 113 cm³/mol. The molecule has 0 spiro atoms. The third-order valence-electron chi connectivity index (χ3n) is 5.32. The lowest BCUT2D eigenvalue weighted by Gasteiger charge is -2.18. The van der Waals surface area contributed by atoms with Gasteiger partial charge in [-0.3, -0.25) is 0 Å². The number of para-hydroxylation sites is 2. The van der Waals surface area contributed by atoms with Gasteiger partial charge in [0.05, 0.1) is 17.8 Å². The Labute approximate surface area is 166 Å². The molecule has 0 bridgehead atoms. The molecule has 0 N–H and O–H groups in total. The standard InChI is InChI=1S/C22H20N4OS/c1-25-19-9-5-3-7-16(19)17(21(25)22(27-2)15-11-12-28-14-15)13-26-20-10-6-4-8-18(20)23-24-26/h3-12,14,22H,13H2,1-2H3. The first kappa shape index (κ1) is 17.2. The van der Waals surface area contributed by atoms with E-state index in [2.05, 4.69) is 69.1 Å². The van der Waals surface area contributed by atoms with Gasteiger partial charge < -0.3 is 9.30 Å². The molecule has 5 rings (SSSR count). The molecule has 0 radical (unpaired) electrons. The highest BCUT2D eigenvalue weighted by molar-refractivity contribution is 7.08. The molecule has 5 nitrogen and oxygen atoms in total. The van der Waals surface area contributed by atoms with Gasteiger partial charge in [0.25, 0.3) is 0 Å². The second kappa shape index (κ2) is 6.89. The molecule has 140 valence electrons. The normalized spacial score (nSPS) is 12.8. The summed E-state index contributed by atoms with van der Waals surface area (Å²) in [5, 5.41) is 14.2. The van der Waals surface area contributed by atoms with E-state index in [-0.39, 0.29) is 6.10 Å². The first-order valence-electron chi connectivity index (χ1n) is 9.17. The van der Waals surface area contributed by atoms with Crippen LogP contribution in [0.25, 0.3) is 21.9 Å². The minimum absolute atomic E-state index is 0.131. The lowest BCUT2D eigenvalue weighted by molar-refractivity contribution is 0.130. The summed E-state index contributed by atoms with van der Waals surface area (Å²) >= 11 is 1.69. The highest BCUT2D eigenvalue weighted by Crippen LogP contribution is 2.36. The monoisotopic (exact) mass is 388 g/mol. The number of thiophene rings is 1. The van der Waals surface area contributed by atoms with E-state index in [0.29, 0.717) is 6.54 Å². The third kappa shape index (κ3) is 2.65. The smallest absolute Gasteiger partial charge is 0.123 e. The molecule has 28 heavy (non-hydrogen) atoms. The second-order valence-electron chi connectivity index (χ2n) is 6.85. The summed E-state index contributed by atoms with van der Waals surface area (Å²) in [6, 6.07) is 18.7. The number of benzene rings is 2. The molecular formula is C22H20N4OS. The zero-order valence-electron chi connectivity index (χ0n) is 15.7. The van der Waals surface area contributed by atoms with E-state index in [4.69, 9.17) is 4.74 Å². The molecule has 6 heteroatoms. The molecule has 0 amide bonds. The molecule has 0 aliphatic carbocycles. The van der Waals surface area contributed by atoms with Crippen LogP contribution in [-0.4, -0.2) is 26.7 Å². The van der Waals surface area contributed by atoms with E-state index in [1.807, 2.05) is 22.9 Å². The molecule has 0 saturated heterocycles.